The van der Waals surface area contributed by atoms with Gasteiger partial charge in [0.1, 0.15) is 0 Å². The van der Waals surface area contributed by atoms with Crippen LogP contribution in [0.4, 0.5) is 0 Å². The van der Waals surface area contributed by atoms with E-state index in [0.717, 1.165) is 13.0 Å². The second-order valence-electron chi connectivity index (χ2n) is 3.34. The van der Waals surface area contributed by atoms with Gasteiger partial charge in [-0.15, -0.1) is 0 Å². The fourth-order valence-corrected chi connectivity index (χ4v) is 0.985. The standard InChI is InChI=1S/C7H14N2O/c1-7(2)3-4-8-6(10)5-9-7/h9H,3-5H2,1-2H3,(H,8,10). The molecule has 1 aliphatic rings. The molecule has 0 aromatic heterocycles. The van der Waals surface area contributed by atoms with Crippen molar-refractivity contribution in [1.29, 1.82) is 0 Å². The first-order valence-corrected chi connectivity index (χ1v) is 3.62. The third-order valence-corrected chi connectivity index (χ3v) is 1.80. The fourth-order valence-electron chi connectivity index (χ4n) is 0.985. The number of rotatable bonds is 0. The van der Waals surface area contributed by atoms with E-state index in [9.17, 15) is 4.79 Å². The van der Waals surface area contributed by atoms with Gasteiger partial charge in [-0.2, -0.15) is 0 Å². The molecule has 0 unspecified atom stereocenters. The van der Waals surface area contributed by atoms with Crippen LogP contribution in [0, 0.1) is 0 Å². The molecule has 1 fully saturated rings. The molecule has 3 heteroatoms. The molecule has 0 bridgehead atoms. The molecule has 1 amide bonds. The van der Waals surface area contributed by atoms with E-state index in [2.05, 4.69) is 24.5 Å². The third-order valence-electron chi connectivity index (χ3n) is 1.80. The quantitative estimate of drug-likeness (QED) is 0.495. The minimum atomic E-state index is 0.102. The van der Waals surface area contributed by atoms with Crippen molar-refractivity contribution < 1.29 is 4.79 Å². The van der Waals surface area contributed by atoms with Crippen LogP contribution in [0.15, 0.2) is 0 Å². The minimum absolute atomic E-state index is 0.102. The molecule has 1 aliphatic heterocycles. The average Bonchev–Trinajstić information content (AvgIpc) is 1.94. The summed E-state index contributed by atoms with van der Waals surface area (Å²) in [5.41, 5.74) is 0.110. The minimum Gasteiger partial charge on any atom is -0.355 e. The molecule has 0 spiro atoms. The molecular formula is C7H14N2O. The summed E-state index contributed by atoms with van der Waals surface area (Å²) in [6.07, 6.45) is 0.999. The average molecular weight is 142 g/mol. The lowest BCUT2D eigenvalue weighted by Gasteiger charge is -2.22. The monoisotopic (exact) mass is 142 g/mol. The second kappa shape index (κ2) is 2.58. The molecule has 1 rings (SSSR count). The van der Waals surface area contributed by atoms with E-state index in [1.54, 1.807) is 0 Å². The van der Waals surface area contributed by atoms with E-state index in [-0.39, 0.29) is 11.4 Å². The summed E-state index contributed by atoms with van der Waals surface area (Å²) >= 11 is 0. The predicted molar refractivity (Wildman–Crippen MR) is 39.7 cm³/mol. The van der Waals surface area contributed by atoms with Crippen molar-refractivity contribution in [2.24, 2.45) is 0 Å². The molecule has 0 aromatic carbocycles. The lowest BCUT2D eigenvalue weighted by Crippen LogP contribution is -2.40. The maximum absolute atomic E-state index is 10.8. The van der Waals surface area contributed by atoms with Crippen LogP contribution in [-0.2, 0) is 4.79 Å². The Hall–Kier alpha value is -0.570. The van der Waals surface area contributed by atoms with Gasteiger partial charge in [-0.25, -0.2) is 0 Å². The number of nitrogens with one attached hydrogen (secondary N) is 2. The van der Waals surface area contributed by atoms with Gasteiger partial charge in [0.15, 0.2) is 0 Å². The molecule has 1 saturated heterocycles. The van der Waals surface area contributed by atoms with Crippen LogP contribution >= 0.6 is 0 Å². The van der Waals surface area contributed by atoms with Crippen LogP contribution in [0.25, 0.3) is 0 Å². The fraction of sp³-hybridized carbons (Fsp3) is 0.857. The van der Waals surface area contributed by atoms with E-state index < -0.39 is 0 Å². The van der Waals surface area contributed by atoms with Gasteiger partial charge in [-0.05, 0) is 20.3 Å². The Balaban J connectivity index is 2.48. The molecule has 0 aliphatic carbocycles. The van der Waals surface area contributed by atoms with Crippen LogP contribution in [0.1, 0.15) is 20.3 Å². The highest BCUT2D eigenvalue weighted by Gasteiger charge is 2.20. The molecule has 0 radical (unpaired) electrons. The van der Waals surface area contributed by atoms with Gasteiger partial charge in [0.05, 0.1) is 6.54 Å². The first-order valence-electron chi connectivity index (χ1n) is 3.62. The Morgan fingerprint density at radius 2 is 2.20 bits per heavy atom. The maximum atomic E-state index is 10.8. The van der Waals surface area contributed by atoms with E-state index in [1.165, 1.54) is 0 Å². The molecule has 2 N–H and O–H groups in total. The highest BCUT2D eigenvalue weighted by atomic mass is 16.1. The number of amides is 1. The van der Waals surface area contributed by atoms with Crippen LogP contribution in [0.2, 0.25) is 0 Å². The lowest BCUT2D eigenvalue weighted by molar-refractivity contribution is -0.119. The molecule has 10 heavy (non-hydrogen) atoms. The highest BCUT2D eigenvalue weighted by Crippen LogP contribution is 2.07. The zero-order valence-electron chi connectivity index (χ0n) is 6.53. The van der Waals surface area contributed by atoms with Crippen molar-refractivity contribution in [3.05, 3.63) is 0 Å². The zero-order valence-corrected chi connectivity index (χ0v) is 6.53. The topological polar surface area (TPSA) is 41.1 Å². The summed E-state index contributed by atoms with van der Waals surface area (Å²) in [5.74, 6) is 0.102. The SMILES string of the molecule is CC1(C)CCNC(=O)CN1. The van der Waals surface area contributed by atoms with Gasteiger partial charge in [-0.3, -0.25) is 4.79 Å². The molecule has 3 nitrogen and oxygen atoms in total. The zero-order chi connectivity index (χ0) is 7.61. The number of carbonyl (C=O) groups excluding carboxylic acids is 1. The molecule has 0 saturated carbocycles. The number of hydrogen-bond donors (Lipinski definition) is 2. The summed E-state index contributed by atoms with van der Waals surface area (Å²) in [6.45, 7) is 5.45. The first-order chi connectivity index (χ1) is 4.60. The van der Waals surface area contributed by atoms with E-state index in [4.69, 9.17) is 0 Å². The van der Waals surface area contributed by atoms with Crippen molar-refractivity contribution >= 4 is 5.91 Å². The van der Waals surface area contributed by atoms with Gasteiger partial charge < -0.3 is 10.6 Å². The second-order valence-corrected chi connectivity index (χ2v) is 3.34. The highest BCUT2D eigenvalue weighted by molar-refractivity contribution is 5.78. The Labute approximate surface area is 61.2 Å². The first kappa shape index (κ1) is 7.54. The van der Waals surface area contributed by atoms with Crippen molar-refractivity contribution in [3.63, 3.8) is 0 Å². The largest absolute Gasteiger partial charge is 0.355 e. The van der Waals surface area contributed by atoms with Crippen molar-refractivity contribution in [1.82, 2.24) is 10.6 Å². The predicted octanol–water partition coefficient (Wildman–Crippen LogP) is -0.126. The molecule has 0 atom stereocenters. The van der Waals surface area contributed by atoms with Gasteiger partial charge in [-0.1, -0.05) is 0 Å². The summed E-state index contributed by atoms with van der Waals surface area (Å²) in [6, 6.07) is 0. The van der Waals surface area contributed by atoms with Gasteiger partial charge in [0, 0.05) is 12.1 Å². The van der Waals surface area contributed by atoms with Crippen molar-refractivity contribution in [3.8, 4) is 0 Å². The maximum Gasteiger partial charge on any atom is 0.233 e. The van der Waals surface area contributed by atoms with Crippen LogP contribution in [0.5, 0.6) is 0 Å². The van der Waals surface area contributed by atoms with Gasteiger partial charge in [0.25, 0.3) is 0 Å². The molecule has 1 heterocycles. The molecular weight excluding hydrogens is 128 g/mol. The van der Waals surface area contributed by atoms with Crippen LogP contribution < -0.4 is 10.6 Å². The van der Waals surface area contributed by atoms with Crippen LogP contribution in [-0.4, -0.2) is 24.5 Å². The molecule has 0 aromatic rings. The summed E-state index contributed by atoms with van der Waals surface area (Å²) in [5, 5.41) is 5.96. The summed E-state index contributed by atoms with van der Waals surface area (Å²) < 4.78 is 0. The van der Waals surface area contributed by atoms with Gasteiger partial charge in [0.2, 0.25) is 5.91 Å². The Bertz CT molecular complexity index is 143. The smallest absolute Gasteiger partial charge is 0.233 e. The summed E-state index contributed by atoms with van der Waals surface area (Å²) in [4.78, 5) is 10.8. The Kier molecular flexibility index (Phi) is 1.94. The summed E-state index contributed by atoms with van der Waals surface area (Å²) in [7, 11) is 0. The van der Waals surface area contributed by atoms with E-state index in [1.807, 2.05) is 0 Å². The van der Waals surface area contributed by atoms with E-state index >= 15 is 0 Å². The lowest BCUT2D eigenvalue weighted by atomic mass is 10.0. The van der Waals surface area contributed by atoms with Crippen molar-refractivity contribution in [2.45, 2.75) is 25.8 Å². The Morgan fingerprint density at radius 3 is 2.90 bits per heavy atom. The molecule has 58 valence electrons. The van der Waals surface area contributed by atoms with Gasteiger partial charge >= 0.3 is 0 Å². The normalized spacial score (nSPS) is 25.2. The van der Waals surface area contributed by atoms with Crippen LogP contribution in [0.3, 0.4) is 0 Å². The number of carbonyl (C=O) groups is 1. The third kappa shape index (κ3) is 1.99. The van der Waals surface area contributed by atoms with E-state index in [0.29, 0.717) is 6.54 Å². The number of hydrogen-bond acceptors (Lipinski definition) is 2. The Morgan fingerprint density at radius 1 is 1.50 bits per heavy atom. The van der Waals surface area contributed by atoms with Crippen molar-refractivity contribution in [2.75, 3.05) is 13.1 Å².